The van der Waals surface area contributed by atoms with Crippen LogP contribution in [0.5, 0.6) is 5.75 Å². The fourth-order valence-electron chi connectivity index (χ4n) is 3.06. The highest BCUT2D eigenvalue weighted by atomic mass is 16.5. The van der Waals surface area contributed by atoms with Gasteiger partial charge in [0.05, 0.1) is 7.11 Å². The molecule has 1 aliphatic rings. The number of benzene rings is 1. The topological polar surface area (TPSA) is 21.3 Å². The Labute approximate surface area is 111 Å². The minimum atomic E-state index is 0.667. The third-order valence-corrected chi connectivity index (χ3v) is 4.25. The normalized spacial score (nSPS) is 28.1. The van der Waals surface area contributed by atoms with Gasteiger partial charge in [-0.3, -0.25) is 0 Å². The Morgan fingerprint density at radius 1 is 1.11 bits per heavy atom. The molecule has 0 aliphatic heterocycles. The Hall–Kier alpha value is -1.02. The number of hydrogen-bond acceptors (Lipinski definition) is 2. The zero-order valence-corrected chi connectivity index (χ0v) is 11.8. The molecule has 100 valence electrons. The van der Waals surface area contributed by atoms with Crippen LogP contribution in [0.1, 0.15) is 38.7 Å². The zero-order chi connectivity index (χ0) is 13.0. The monoisotopic (exact) mass is 247 g/mol. The molecule has 2 atom stereocenters. The molecule has 0 aromatic heterocycles. The second-order valence-corrected chi connectivity index (χ2v) is 5.64. The molecule has 2 nitrogen and oxygen atoms in total. The zero-order valence-electron chi connectivity index (χ0n) is 11.8. The van der Waals surface area contributed by atoms with Crippen molar-refractivity contribution in [1.29, 1.82) is 0 Å². The molecule has 1 aromatic carbocycles. The SMILES string of the molecule is COc1ccc(CNC2C(C)CCCC2C)cc1. The summed E-state index contributed by atoms with van der Waals surface area (Å²) in [5, 5.41) is 3.73. The van der Waals surface area contributed by atoms with Crippen LogP contribution in [0.2, 0.25) is 0 Å². The third kappa shape index (κ3) is 3.26. The first-order chi connectivity index (χ1) is 8.70. The summed E-state index contributed by atoms with van der Waals surface area (Å²) < 4.78 is 5.18. The molecular weight excluding hydrogens is 222 g/mol. The first kappa shape index (κ1) is 13.4. The Morgan fingerprint density at radius 2 is 1.72 bits per heavy atom. The quantitative estimate of drug-likeness (QED) is 0.877. The highest BCUT2D eigenvalue weighted by molar-refractivity contribution is 5.27. The van der Waals surface area contributed by atoms with Gasteiger partial charge in [-0.2, -0.15) is 0 Å². The van der Waals surface area contributed by atoms with E-state index in [9.17, 15) is 0 Å². The van der Waals surface area contributed by atoms with Gasteiger partial charge >= 0.3 is 0 Å². The van der Waals surface area contributed by atoms with E-state index in [4.69, 9.17) is 4.74 Å². The van der Waals surface area contributed by atoms with Crippen molar-refractivity contribution >= 4 is 0 Å². The summed E-state index contributed by atoms with van der Waals surface area (Å²) in [6.45, 7) is 5.71. The van der Waals surface area contributed by atoms with Crippen LogP contribution in [0.3, 0.4) is 0 Å². The van der Waals surface area contributed by atoms with Gasteiger partial charge in [-0.1, -0.05) is 32.4 Å². The molecule has 1 fully saturated rings. The van der Waals surface area contributed by atoms with E-state index in [0.29, 0.717) is 6.04 Å². The number of hydrogen-bond donors (Lipinski definition) is 1. The van der Waals surface area contributed by atoms with Crippen molar-refractivity contribution in [2.24, 2.45) is 11.8 Å². The second-order valence-electron chi connectivity index (χ2n) is 5.64. The average molecular weight is 247 g/mol. The fraction of sp³-hybridized carbons (Fsp3) is 0.625. The first-order valence-electron chi connectivity index (χ1n) is 7.07. The molecule has 0 spiro atoms. The van der Waals surface area contributed by atoms with Crippen molar-refractivity contribution in [2.45, 2.75) is 45.7 Å². The maximum Gasteiger partial charge on any atom is 0.118 e. The van der Waals surface area contributed by atoms with Gasteiger partial charge in [-0.15, -0.1) is 0 Å². The van der Waals surface area contributed by atoms with E-state index in [1.54, 1.807) is 7.11 Å². The van der Waals surface area contributed by atoms with E-state index in [1.807, 2.05) is 12.1 Å². The largest absolute Gasteiger partial charge is 0.497 e. The predicted octanol–water partition coefficient (Wildman–Crippen LogP) is 3.61. The van der Waals surface area contributed by atoms with Crippen molar-refractivity contribution in [3.05, 3.63) is 29.8 Å². The molecule has 0 saturated heterocycles. The molecule has 2 rings (SSSR count). The Balaban J connectivity index is 1.89. The molecule has 2 unspecified atom stereocenters. The van der Waals surface area contributed by atoms with Crippen LogP contribution in [0, 0.1) is 11.8 Å². The lowest BCUT2D eigenvalue weighted by Crippen LogP contribution is -2.42. The number of ether oxygens (including phenoxy) is 1. The summed E-state index contributed by atoms with van der Waals surface area (Å²) in [5.74, 6) is 2.53. The molecule has 18 heavy (non-hydrogen) atoms. The smallest absolute Gasteiger partial charge is 0.118 e. The summed E-state index contributed by atoms with van der Waals surface area (Å²) >= 11 is 0. The Kier molecular flexibility index (Phi) is 4.65. The van der Waals surface area contributed by atoms with Crippen molar-refractivity contribution < 1.29 is 4.74 Å². The standard InChI is InChI=1S/C16H25NO/c1-12-5-4-6-13(2)16(12)17-11-14-7-9-15(18-3)10-8-14/h7-10,12-13,16-17H,4-6,11H2,1-3H3. The van der Waals surface area contributed by atoms with Gasteiger partial charge in [0.2, 0.25) is 0 Å². The van der Waals surface area contributed by atoms with Crippen molar-refractivity contribution in [2.75, 3.05) is 7.11 Å². The maximum absolute atomic E-state index is 5.18. The van der Waals surface area contributed by atoms with Crippen LogP contribution < -0.4 is 10.1 Å². The molecule has 1 aliphatic carbocycles. The van der Waals surface area contributed by atoms with Crippen LogP contribution >= 0.6 is 0 Å². The minimum Gasteiger partial charge on any atom is -0.497 e. The van der Waals surface area contributed by atoms with Crippen molar-refractivity contribution in [3.8, 4) is 5.75 Å². The van der Waals surface area contributed by atoms with E-state index in [-0.39, 0.29) is 0 Å². The number of methoxy groups -OCH3 is 1. The van der Waals surface area contributed by atoms with Gasteiger partial charge in [-0.25, -0.2) is 0 Å². The summed E-state index contributed by atoms with van der Waals surface area (Å²) in [4.78, 5) is 0. The van der Waals surface area contributed by atoms with Gasteiger partial charge in [0.25, 0.3) is 0 Å². The van der Waals surface area contributed by atoms with Gasteiger partial charge in [0, 0.05) is 12.6 Å². The minimum absolute atomic E-state index is 0.667. The van der Waals surface area contributed by atoms with Gasteiger partial charge in [0.15, 0.2) is 0 Å². The van der Waals surface area contributed by atoms with Crippen molar-refractivity contribution in [1.82, 2.24) is 5.32 Å². The highest BCUT2D eigenvalue weighted by Crippen LogP contribution is 2.29. The summed E-state index contributed by atoms with van der Waals surface area (Å²) in [5.41, 5.74) is 1.33. The maximum atomic E-state index is 5.18. The van der Waals surface area contributed by atoms with Crippen LogP contribution in [0.25, 0.3) is 0 Å². The van der Waals surface area contributed by atoms with E-state index in [1.165, 1.54) is 24.8 Å². The number of rotatable bonds is 4. The average Bonchev–Trinajstić information content (AvgIpc) is 2.39. The Bertz CT molecular complexity index is 350. The predicted molar refractivity (Wildman–Crippen MR) is 75.8 cm³/mol. The third-order valence-electron chi connectivity index (χ3n) is 4.25. The molecule has 1 aromatic rings. The van der Waals surface area contributed by atoms with Gasteiger partial charge in [-0.05, 0) is 42.4 Å². The lowest BCUT2D eigenvalue weighted by atomic mass is 9.78. The first-order valence-corrected chi connectivity index (χ1v) is 7.07. The number of nitrogens with one attached hydrogen (secondary N) is 1. The van der Waals surface area contributed by atoms with Crippen LogP contribution in [-0.4, -0.2) is 13.2 Å². The summed E-state index contributed by atoms with van der Waals surface area (Å²) in [7, 11) is 1.71. The van der Waals surface area contributed by atoms with E-state index in [2.05, 4.69) is 31.3 Å². The fourth-order valence-corrected chi connectivity index (χ4v) is 3.06. The van der Waals surface area contributed by atoms with E-state index >= 15 is 0 Å². The van der Waals surface area contributed by atoms with Crippen molar-refractivity contribution in [3.63, 3.8) is 0 Å². The van der Waals surface area contributed by atoms with Gasteiger partial charge in [0.1, 0.15) is 5.75 Å². The second kappa shape index (κ2) is 6.24. The molecule has 1 N–H and O–H groups in total. The molecule has 2 heteroatoms. The highest BCUT2D eigenvalue weighted by Gasteiger charge is 2.26. The lowest BCUT2D eigenvalue weighted by molar-refractivity contribution is 0.207. The van der Waals surface area contributed by atoms with E-state index < -0.39 is 0 Å². The summed E-state index contributed by atoms with van der Waals surface area (Å²) in [6.07, 6.45) is 4.12. The molecule has 0 amide bonds. The molecule has 0 bridgehead atoms. The van der Waals surface area contributed by atoms with E-state index in [0.717, 1.165) is 24.1 Å². The molecule has 1 saturated carbocycles. The molecule has 0 radical (unpaired) electrons. The molecular formula is C16H25NO. The Morgan fingerprint density at radius 3 is 2.28 bits per heavy atom. The lowest BCUT2D eigenvalue weighted by Gasteiger charge is -2.35. The van der Waals surface area contributed by atoms with Gasteiger partial charge < -0.3 is 10.1 Å². The molecule has 0 heterocycles. The van der Waals surface area contributed by atoms with Crippen LogP contribution in [-0.2, 0) is 6.54 Å². The van der Waals surface area contributed by atoms with Crippen LogP contribution in [0.4, 0.5) is 0 Å². The summed E-state index contributed by atoms with van der Waals surface area (Å²) in [6, 6.07) is 9.02. The van der Waals surface area contributed by atoms with Crippen LogP contribution in [0.15, 0.2) is 24.3 Å².